The van der Waals surface area contributed by atoms with E-state index >= 15 is 0 Å². The molecular formula is C18H23N3O4S. The van der Waals surface area contributed by atoms with Gasteiger partial charge in [0.05, 0.1) is 12.0 Å². The molecule has 8 heteroatoms. The van der Waals surface area contributed by atoms with Gasteiger partial charge >= 0.3 is 0 Å². The molecule has 0 saturated heterocycles. The van der Waals surface area contributed by atoms with E-state index in [0.29, 0.717) is 5.88 Å². The number of aromatic nitrogens is 1. The van der Waals surface area contributed by atoms with E-state index in [1.807, 2.05) is 13.8 Å². The standard InChI is InChI=1S/C18H23N3O4S/c1-13-6-7-16(11-14(13)2)26(23,24)21-10-8-17(22)20-12-15-5-4-9-19-18(15)25-3/h4-7,9,11,21H,8,10,12H2,1-3H3,(H,20,22). The highest BCUT2D eigenvalue weighted by atomic mass is 32.2. The van der Waals surface area contributed by atoms with E-state index in [1.54, 1.807) is 36.5 Å². The molecule has 2 N–H and O–H groups in total. The van der Waals surface area contributed by atoms with Crippen LogP contribution in [0.15, 0.2) is 41.4 Å². The number of hydrogen-bond donors (Lipinski definition) is 2. The van der Waals surface area contributed by atoms with Crippen LogP contribution in [0.4, 0.5) is 0 Å². The van der Waals surface area contributed by atoms with Gasteiger partial charge < -0.3 is 10.1 Å². The SMILES string of the molecule is COc1ncccc1CNC(=O)CCNS(=O)(=O)c1ccc(C)c(C)c1. The molecule has 1 aromatic carbocycles. The molecule has 140 valence electrons. The summed E-state index contributed by atoms with van der Waals surface area (Å²) in [6, 6.07) is 8.49. The Morgan fingerprint density at radius 3 is 2.65 bits per heavy atom. The molecule has 0 aliphatic heterocycles. The molecule has 0 aliphatic carbocycles. The fourth-order valence-electron chi connectivity index (χ4n) is 2.29. The van der Waals surface area contributed by atoms with E-state index in [2.05, 4.69) is 15.0 Å². The van der Waals surface area contributed by atoms with Crippen LogP contribution in [0, 0.1) is 13.8 Å². The van der Waals surface area contributed by atoms with Crippen molar-refractivity contribution in [2.75, 3.05) is 13.7 Å². The highest BCUT2D eigenvalue weighted by Gasteiger charge is 2.15. The van der Waals surface area contributed by atoms with Gasteiger partial charge in [-0.1, -0.05) is 12.1 Å². The monoisotopic (exact) mass is 377 g/mol. The Hall–Kier alpha value is -2.45. The Bertz CT molecular complexity index is 882. The molecule has 0 atom stereocenters. The molecule has 7 nitrogen and oxygen atoms in total. The van der Waals surface area contributed by atoms with Crippen LogP contribution in [-0.4, -0.2) is 33.0 Å². The second-order valence-electron chi connectivity index (χ2n) is 5.84. The van der Waals surface area contributed by atoms with E-state index in [-0.39, 0.29) is 30.3 Å². The smallest absolute Gasteiger partial charge is 0.240 e. The highest BCUT2D eigenvalue weighted by molar-refractivity contribution is 7.89. The molecule has 0 aliphatic rings. The number of ether oxygens (including phenoxy) is 1. The minimum absolute atomic E-state index is 0.0191. The third-order valence-corrected chi connectivity index (χ3v) is 5.41. The summed E-state index contributed by atoms with van der Waals surface area (Å²) in [6.45, 7) is 4.06. The lowest BCUT2D eigenvalue weighted by atomic mass is 10.1. The van der Waals surface area contributed by atoms with Crippen LogP contribution in [0.2, 0.25) is 0 Å². The Morgan fingerprint density at radius 2 is 1.96 bits per heavy atom. The van der Waals surface area contributed by atoms with Gasteiger partial charge in [0.25, 0.3) is 0 Å². The maximum absolute atomic E-state index is 12.3. The summed E-state index contributed by atoms with van der Waals surface area (Å²) >= 11 is 0. The molecule has 1 heterocycles. The van der Waals surface area contributed by atoms with Gasteiger partial charge in [0.1, 0.15) is 0 Å². The zero-order valence-electron chi connectivity index (χ0n) is 15.1. The number of aryl methyl sites for hydroxylation is 2. The summed E-state index contributed by atoms with van der Waals surface area (Å²) < 4.78 is 32.1. The van der Waals surface area contributed by atoms with Crippen molar-refractivity contribution in [3.8, 4) is 5.88 Å². The van der Waals surface area contributed by atoms with E-state index in [4.69, 9.17) is 4.74 Å². The fraction of sp³-hybridized carbons (Fsp3) is 0.333. The Balaban J connectivity index is 1.84. The molecular weight excluding hydrogens is 354 g/mol. The number of rotatable bonds is 8. The first-order valence-electron chi connectivity index (χ1n) is 8.15. The zero-order valence-corrected chi connectivity index (χ0v) is 15.9. The fourth-order valence-corrected chi connectivity index (χ4v) is 3.40. The van der Waals surface area contributed by atoms with Crippen LogP contribution in [0.25, 0.3) is 0 Å². The van der Waals surface area contributed by atoms with Crippen molar-refractivity contribution in [3.63, 3.8) is 0 Å². The van der Waals surface area contributed by atoms with E-state index in [0.717, 1.165) is 16.7 Å². The third-order valence-electron chi connectivity index (χ3n) is 3.95. The van der Waals surface area contributed by atoms with Gasteiger partial charge in [-0.05, 0) is 43.2 Å². The number of sulfonamides is 1. The minimum Gasteiger partial charge on any atom is -0.481 e. The lowest BCUT2D eigenvalue weighted by Gasteiger charge is -2.10. The molecule has 0 unspecified atom stereocenters. The van der Waals surface area contributed by atoms with Crippen LogP contribution in [0.1, 0.15) is 23.1 Å². The molecule has 1 amide bonds. The molecule has 2 aromatic rings. The summed E-state index contributed by atoms with van der Waals surface area (Å²) in [5.41, 5.74) is 2.67. The average molecular weight is 377 g/mol. The predicted molar refractivity (Wildman–Crippen MR) is 98.4 cm³/mol. The Morgan fingerprint density at radius 1 is 1.19 bits per heavy atom. The van der Waals surface area contributed by atoms with Crippen molar-refractivity contribution in [3.05, 3.63) is 53.2 Å². The normalized spacial score (nSPS) is 11.2. The number of methoxy groups -OCH3 is 1. The largest absolute Gasteiger partial charge is 0.481 e. The van der Waals surface area contributed by atoms with Gasteiger partial charge in [0.2, 0.25) is 21.8 Å². The predicted octanol–water partition coefficient (Wildman–Crippen LogP) is 1.69. The van der Waals surface area contributed by atoms with Crippen molar-refractivity contribution in [1.82, 2.24) is 15.0 Å². The van der Waals surface area contributed by atoms with Crippen LogP contribution >= 0.6 is 0 Å². The lowest BCUT2D eigenvalue weighted by Crippen LogP contribution is -2.30. The van der Waals surface area contributed by atoms with E-state index in [1.165, 1.54) is 7.11 Å². The number of benzene rings is 1. The number of nitrogens with one attached hydrogen (secondary N) is 2. The second-order valence-corrected chi connectivity index (χ2v) is 7.61. The summed E-state index contributed by atoms with van der Waals surface area (Å²) in [4.78, 5) is 16.2. The maximum atomic E-state index is 12.3. The summed E-state index contributed by atoms with van der Waals surface area (Å²) in [6.07, 6.45) is 1.64. The van der Waals surface area contributed by atoms with Gasteiger partial charge in [-0.15, -0.1) is 0 Å². The summed E-state index contributed by atoms with van der Waals surface area (Å²) in [5, 5.41) is 2.72. The van der Waals surface area contributed by atoms with Crippen molar-refractivity contribution in [2.24, 2.45) is 0 Å². The quantitative estimate of drug-likeness (QED) is 0.730. The molecule has 2 rings (SSSR count). The number of nitrogens with zero attached hydrogens (tertiary/aromatic N) is 1. The van der Waals surface area contributed by atoms with Crippen molar-refractivity contribution in [2.45, 2.75) is 31.7 Å². The third kappa shape index (κ3) is 5.27. The van der Waals surface area contributed by atoms with E-state index < -0.39 is 10.0 Å². The number of carbonyl (C=O) groups is 1. The van der Waals surface area contributed by atoms with Gasteiger partial charge in [0.15, 0.2) is 0 Å². The van der Waals surface area contributed by atoms with Crippen molar-refractivity contribution < 1.29 is 17.9 Å². The first-order chi connectivity index (χ1) is 12.3. The molecule has 0 bridgehead atoms. The highest BCUT2D eigenvalue weighted by Crippen LogP contribution is 2.15. The molecule has 26 heavy (non-hydrogen) atoms. The maximum Gasteiger partial charge on any atom is 0.240 e. The first kappa shape index (κ1) is 19.9. The lowest BCUT2D eigenvalue weighted by molar-refractivity contribution is -0.121. The van der Waals surface area contributed by atoms with Crippen LogP contribution in [0.3, 0.4) is 0 Å². The molecule has 0 fully saturated rings. The van der Waals surface area contributed by atoms with Gasteiger partial charge in [0, 0.05) is 31.3 Å². The Labute approximate surface area is 153 Å². The molecule has 0 saturated carbocycles. The van der Waals surface area contributed by atoms with Crippen LogP contribution < -0.4 is 14.8 Å². The van der Waals surface area contributed by atoms with Gasteiger partial charge in [-0.25, -0.2) is 18.1 Å². The van der Waals surface area contributed by atoms with Crippen LogP contribution in [0.5, 0.6) is 5.88 Å². The van der Waals surface area contributed by atoms with Gasteiger partial charge in [-0.2, -0.15) is 0 Å². The zero-order chi connectivity index (χ0) is 19.2. The Kier molecular flexibility index (Phi) is 6.70. The molecule has 0 spiro atoms. The van der Waals surface area contributed by atoms with Gasteiger partial charge in [-0.3, -0.25) is 4.79 Å². The minimum atomic E-state index is -3.63. The topological polar surface area (TPSA) is 97.4 Å². The summed E-state index contributed by atoms with van der Waals surface area (Å²) in [7, 11) is -2.12. The van der Waals surface area contributed by atoms with Crippen molar-refractivity contribution in [1.29, 1.82) is 0 Å². The first-order valence-corrected chi connectivity index (χ1v) is 9.63. The van der Waals surface area contributed by atoms with Crippen molar-refractivity contribution >= 4 is 15.9 Å². The molecule has 0 radical (unpaired) electrons. The van der Waals surface area contributed by atoms with E-state index in [9.17, 15) is 13.2 Å². The number of amides is 1. The number of pyridine rings is 1. The average Bonchev–Trinajstić information content (AvgIpc) is 2.62. The second kappa shape index (κ2) is 8.77. The van der Waals surface area contributed by atoms with Crippen LogP contribution in [-0.2, 0) is 21.4 Å². The summed E-state index contributed by atoms with van der Waals surface area (Å²) in [5.74, 6) is 0.182. The number of carbonyl (C=O) groups excluding carboxylic acids is 1. The number of hydrogen-bond acceptors (Lipinski definition) is 5. The molecule has 1 aromatic heterocycles.